The van der Waals surface area contributed by atoms with Crippen LogP contribution in [0.3, 0.4) is 0 Å². The fraction of sp³-hybridized carbons (Fsp3) is 0.562. The topological polar surface area (TPSA) is 50.4 Å². The van der Waals surface area contributed by atoms with E-state index in [4.69, 9.17) is 5.73 Å². The van der Waals surface area contributed by atoms with Crippen molar-refractivity contribution in [1.82, 2.24) is 0 Å². The lowest BCUT2D eigenvalue weighted by atomic mass is 10.1. The number of benzene rings is 1. The predicted molar refractivity (Wildman–Crippen MR) is 80.5 cm³/mol. The van der Waals surface area contributed by atoms with Crippen molar-refractivity contribution in [2.24, 2.45) is 16.6 Å². The first kappa shape index (κ1) is 12.5. The molecule has 2 unspecified atom stereocenters. The van der Waals surface area contributed by atoms with Crippen molar-refractivity contribution in [3.05, 3.63) is 29.3 Å². The number of nitrogens with zero attached hydrogens (tertiary/aromatic N) is 1. The number of nitrogens with one attached hydrogen (secondary N) is 1. The first-order valence-corrected chi connectivity index (χ1v) is 7.48. The third-order valence-corrected chi connectivity index (χ3v) is 4.22. The minimum absolute atomic E-state index is 0.460. The molecule has 0 aromatic heterocycles. The minimum atomic E-state index is 0.460. The van der Waals surface area contributed by atoms with Crippen LogP contribution >= 0.6 is 0 Å². The van der Waals surface area contributed by atoms with E-state index in [1.807, 2.05) is 0 Å². The van der Waals surface area contributed by atoms with Gasteiger partial charge in [-0.3, -0.25) is 0 Å². The van der Waals surface area contributed by atoms with Crippen LogP contribution in [0.15, 0.2) is 23.2 Å². The molecule has 3 heteroatoms. The van der Waals surface area contributed by atoms with Crippen molar-refractivity contribution in [1.29, 1.82) is 0 Å². The van der Waals surface area contributed by atoms with E-state index >= 15 is 0 Å². The van der Waals surface area contributed by atoms with Crippen molar-refractivity contribution >= 4 is 11.6 Å². The molecule has 0 aliphatic heterocycles. The lowest BCUT2D eigenvalue weighted by Gasteiger charge is -2.07. The van der Waals surface area contributed by atoms with Crippen LogP contribution in [-0.4, -0.2) is 12.0 Å². The zero-order valence-corrected chi connectivity index (χ0v) is 11.7. The molecule has 1 saturated carbocycles. The fourth-order valence-corrected chi connectivity index (χ4v) is 3.08. The highest BCUT2D eigenvalue weighted by Crippen LogP contribution is 2.37. The second-order valence-electron chi connectivity index (χ2n) is 5.83. The summed E-state index contributed by atoms with van der Waals surface area (Å²) in [5.74, 6) is 1.34. The molecular formula is C16H23N3. The highest BCUT2D eigenvalue weighted by atomic mass is 15.1. The van der Waals surface area contributed by atoms with Crippen LogP contribution < -0.4 is 11.1 Å². The Morgan fingerprint density at radius 3 is 3.05 bits per heavy atom. The van der Waals surface area contributed by atoms with Crippen LogP contribution in [0, 0.1) is 5.92 Å². The molecule has 0 bridgehead atoms. The standard InChI is InChI=1S/C16H23N3/c1-2-4-13-10-15(13)19-16(17)18-14-8-7-11-5-3-6-12(11)9-14/h7-9,13,15H,2-6,10H2,1H3,(H3,17,18,19). The molecule has 0 amide bonds. The van der Waals surface area contributed by atoms with Crippen LogP contribution in [0.4, 0.5) is 5.69 Å². The third-order valence-electron chi connectivity index (χ3n) is 4.22. The van der Waals surface area contributed by atoms with Crippen LogP contribution in [0.5, 0.6) is 0 Å². The van der Waals surface area contributed by atoms with Crippen LogP contribution in [0.1, 0.15) is 43.7 Å². The molecular weight excluding hydrogens is 234 g/mol. The van der Waals surface area contributed by atoms with Crippen molar-refractivity contribution in [2.75, 3.05) is 5.32 Å². The summed E-state index contributed by atoms with van der Waals surface area (Å²) in [5.41, 5.74) is 10.0. The first-order chi connectivity index (χ1) is 9.26. The lowest BCUT2D eigenvalue weighted by molar-refractivity contribution is 0.683. The first-order valence-electron chi connectivity index (χ1n) is 7.48. The van der Waals surface area contributed by atoms with Crippen molar-refractivity contribution in [3.8, 4) is 0 Å². The maximum atomic E-state index is 5.99. The minimum Gasteiger partial charge on any atom is -0.370 e. The summed E-state index contributed by atoms with van der Waals surface area (Å²) in [7, 11) is 0. The number of aryl methyl sites for hydroxylation is 2. The third kappa shape index (κ3) is 2.91. The Morgan fingerprint density at radius 2 is 2.21 bits per heavy atom. The van der Waals surface area contributed by atoms with E-state index < -0.39 is 0 Å². The normalized spacial score (nSPS) is 25.2. The number of nitrogens with two attached hydrogens (primary N) is 1. The molecule has 0 heterocycles. The molecule has 2 aliphatic rings. The summed E-state index contributed by atoms with van der Waals surface area (Å²) in [5, 5.41) is 3.23. The van der Waals surface area contributed by atoms with Gasteiger partial charge in [0.15, 0.2) is 5.96 Å². The van der Waals surface area contributed by atoms with E-state index in [0.717, 1.165) is 11.6 Å². The quantitative estimate of drug-likeness (QED) is 0.643. The van der Waals surface area contributed by atoms with Crippen LogP contribution in [-0.2, 0) is 12.8 Å². The Kier molecular flexibility index (Phi) is 3.45. The van der Waals surface area contributed by atoms with E-state index in [2.05, 4.69) is 35.4 Å². The summed E-state index contributed by atoms with van der Waals surface area (Å²) in [4.78, 5) is 4.56. The van der Waals surface area contributed by atoms with E-state index in [1.165, 1.54) is 49.7 Å². The predicted octanol–water partition coefficient (Wildman–Crippen LogP) is 3.09. The number of hydrogen-bond donors (Lipinski definition) is 2. The summed E-state index contributed by atoms with van der Waals surface area (Å²) in [6.45, 7) is 2.23. The fourth-order valence-electron chi connectivity index (χ4n) is 3.08. The molecule has 3 N–H and O–H groups in total. The molecule has 3 rings (SSSR count). The second kappa shape index (κ2) is 5.24. The van der Waals surface area contributed by atoms with Crippen LogP contribution in [0.2, 0.25) is 0 Å². The molecule has 1 aromatic carbocycles. The van der Waals surface area contributed by atoms with Crippen molar-refractivity contribution < 1.29 is 0 Å². The Labute approximate surface area is 115 Å². The maximum absolute atomic E-state index is 5.99. The summed E-state index contributed by atoms with van der Waals surface area (Å²) in [6.07, 6.45) is 7.43. The average molecular weight is 257 g/mol. The molecule has 0 radical (unpaired) electrons. The van der Waals surface area contributed by atoms with Gasteiger partial charge in [-0.1, -0.05) is 19.4 Å². The Morgan fingerprint density at radius 1 is 1.37 bits per heavy atom. The largest absolute Gasteiger partial charge is 0.370 e. The SMILES string of the molecule is CCCC1CC1N=C(N)Nc1ccc2c(c1)CCC2. The van der Waals surface area contributed by atoms with Gasteiger partial charge in [-0.25, -0.2) is 4.99 Å². The van der Waals surface area contributed by atoms with E-state index in [1.54, 1.807) is 0 Å². The van der Waals surface area contributed by atoms with Gasteiger partial charge in [-0.2, -0.15) is 0 Å². The van der Waals surface area contributed by atoms with Gasteiger partial charge in [0.2, 0.25) is 0 Å². The molecule has 3 nitrogen and oxygen atoms in total. The number of rotatable bonds is 4. The number of aliphatic imine (C=N–C) groups is 1. The van der Waals surface area contributed by atoms with Crippen LogP contribution in [0.25, 0.3) is 0 Å². The molecule has 2 aliphatic carbocycles. The van der Waals surface area contributed by atoms with E-state index in [9.17, 15) is 0 Å². The van der Waals surface area contributed by atoms with Gasteiger partial charge < -0.3 is 11.1 Å². The van der Waals surface area contributed by atoms with Gasteiger partial charge in [0.1, 0.15) is 0 Å². The molecule has 1 aromatic rings. The highest BCUT2D eigenvalue weighted by molar-refractivity contribution is 5.92. The Hall–Kier alpha value is -1.51. The van der Waals surface area contributed by atoms with Gasteiger partial charge in [0.25, 0.3) is 0 Å². The van der Waals surface area contributed by atoms with E-state index in [0.29, 0.717) is 12.0 Å². The lowest BCUT2D eigenvalue weighted by Crippen LogP contribution is -2.23. The zero-order chi connectivity index (χ0) is 13.2. The second-order valence-corrected chi connectivity index (χ2v) is 5.83. The number of fused-ring (bicyclic) bond motifs is 1. The van der Waals surface area contributed by atoms with Gasteiger partial charge >= 0.3 is 0 Å². The summed E-state index contributed by atoms with van der Waals surface area (Å²) in [6, 6.07) is 7.01. The molecule has 102 valence electrons. The molecule has 0 spiro atoms. The van der Waals surface area contributed by atoms with Crippen molar-refractivity contribution in [2.45, 2.75) is 51.5 Å². The van der Waals surface area contributed by atoms with E-state index in [-0.39, 0.29) is 0 Å². The molecule has 2 atom stereocenters. The van der Waals surface area contributed by atoms with Crippen molar-refractivity contribution in [3.63, 3.8) is 0 Å². The smallest absolute Gasteiger partial charge is 0.193 e. The maximum Gasteiger partial charge on any atom is 0.193 e. The van der Waals surface area contributed by atoms with Gasteiger partial charge in [0, 0.05) is 5.69 Å². The molecule has 19 heavy (non-hydrogen) atoms. The van der Waals surface area contributed by atoms with Gasteiger partial charge in [-0.15, -0.1) is 0 Å². The highest BCUT2D eigenvalue weighted by Gasteiger charge is 2.35. The summed E-state index contributed by atoms with van der Waals surface area (Å²) >= 11 is 0. The Bertz CT molecular complexity index is 493. The molecule has 0 saturated heterocycles. The average Bonchev–Trinajstić information content (AvgIpc) is 2.93. The Balaban J connectivity index is 1.60. The van der Waals surface area contributed by atoms with Gasteiger partial charge in [-0.05, 0) is 61.3 Å². The molecule has 1 fully saturated rings. The summed E-state index contributed by atoms with van der Waals surface area (Å²) < 4.78 is 0. The number of anilines is 1. The number of hydrogen-bond acceptors (Lipinski definition) is 1. The van der Waals surface area contributed by atoms with Gasteiger partial charge in [0.05, 0.1) is 6.04 Å². The number of guanidine groups is 1. The zero-order valence-electron chi connectivity index (χ0n) is 11.7. The monoisotopic (exact) mass is 257 g/mol.